The second-order valence-electron chi connectivity index (χ2n) is 7.19. The quantitative estimate of drug-likeness (QED) is 0.674. The van der Waals surface area contributed by atoms with Crippen molar-refractivity contribution in [1.29, 1.82) is 0 Å². The maximum atomic E-state index is 12.4. The summed E-state index contributed by atoms with van der Waals surface area (Å²) < 4.78 is 27.3. The van der Waals surface area contributed by atoms with Gasteiger partial charge >= 0.3 is 0 Å². The molecule has 2 aromatic carbocycles. The van der Waals surface area contributed by atoms with E-state index in [-0.39, 0.29) is 29.8 Å². The highest BCUT2D eigenvalue weighted by molar-refractivity contribution is 7.89. The van der Waals surface area contributed by atoms with E-state index in [0.29, 0.717) is 6.54 Å². The number of nitrogens with zero attached hydrogens (tertiary/aromatic N) is 1. The van der Waals surface area contributed by atoms with Crippen LogP contribution in [0.3, 0.4) is 0 Å². The zero-order valence-corrected chi connectivity index (χ0v) is 17.7. The highest BCUT2D eigenvalue weighted by Crippen LogP contribution is 2.15. The topological polar surface area (TPSA) is 78.5 Å². The van der Waals surface area contributed by atoms with Crippen LogP contribution in [-0.4, -0.2) is 46.4 Å². The zero-order valence-electron chi connectivity index (χ0n) is 16.9. The molecule has 0 spiro atoms. The first-order valence-electron chi connectivity index (χ1n) is 9.25. The van der Waals surface area contributed by atoms with E-state index in [1.165, 1.54) is 0 Å². The summed E-state index contributed by atoms with van der Waals surface area (Å²) in [7, 11) is 0.255. The second kappa shape index (κ2) is 9.82. The van der Waals surface area contributed by atoms with Gasteiger partial charge in [-0.3, -0.25) is 4.79 Å². The third-order valence-electron chi connectivity index (χ3n) is 4.52. The summed E-state index contributed by atoms with van der Waals surface area (Å²) in [5.41, 5.74) is 2.96. The molecule has 152 valence electrons. The molecule has 28 heavy (non-hydrogen) atoms. The van der Waals surface area contributed by atoms with Crippen LogP contribution in [0.4, 0.5) is 0 Å². The minimum Gasteiger partial charge on any atom is -0.348 e. The van der Waals surface area contributed by atoms with Crippen LogP contribution in [-0.2, 0) is 14.8 Å². The average Bonchev–Trinajstić information content (AvgIpc) is 2.63. The average molecular weight is 404 g/mol. The largest absolute Gasteiger partial charge is 0.348 e. The fourth-order valence-corrected chi connectivity index (χ4v) is 3.93. The van der Waals surface area contributed by atoms with E-state index >= 15 is 0 Å². The van der Waals surface area contributed by atoms with Gasteiger partial charge in [0.05, 0.1) is 10.9 Å². The Hall–Kier alpha value is -2.22. The van der Waals surface area contributed by atoms with E-state index in [4.69, 9.17) is 0 Å². The van der Waals surface area contributed by atoms with E-state index in [1.807, 2.05) is 63.2 Å². The summed E-state index contributed by atoms with van der Waals surface area (Å²) in [6.07, 6.45) is 0.0703. The predicted octanol–water partition coefficient (Wildman–Crippen LogP) is 2.39. The molecule has 1 atom stereocenters. The zero-order chi connectivity index (χ0) is 20.7. The van der Waals surface area contributed by atoms with Crippen LogP contribution in [0.2, 0.25) is 0 Å². The van der Waals surface area contributed by atoms with Crippen LogP contribution in [0.1, 0.15) is 29.2 Å². The molecule has 0 aromatic heterocycles. The fourth-order valence-electron chi connectivity index (χ4n) is 2.81. The molecule has 2 aromatic rings. The molecule has 0 saturated heterocycles. The molecule has 6 nitrogen and oxygen atoms in total. The number of aryl methyl sites for hydroxylation is 2. The van der Waals surface area contributed by atoms with Crippen LogP contribution in [0.15, 0.2) is 53.4 Å². The molecule has 0 radical (unpaired) electrons. The summed E-state index contributed by atoms with van der Waals surface area (Å²) in [4.78, 5) is 14.6. The monoisotopic (exact) mass is 403 g/mol. The molecule has 0 fully saturated rings. The molecular formula is C21H29N3O3S. The van der Waals surface area contributed by atoms with Gasteiger partial charge in [0.1, 0.15) is 0 Å². The van der Waals surface area contributed by atoms with Crippen molar-refractivity contribution in [1.82, 2.24) is 14.9 Å². The molecule has 0 heterocycles. The molecule has 0 unspecified atom stereocenters. The Morgan fingerprint density at radius 3 is 2.32 bits per heavy atom. The van der Waals surface area contributed by atoms with Gasteiger partial charge in [0.15, 0.2) is 0 Å². The van der Waals surface area contributed by atoms with E-state index in [1.54, 1.807) is 18.2 Å². The first-order valence-corrected chi connectivity index (χ1v) is 10.7. The Kier molecular flexibility index (Phi) is 7.74. The minimum absolute atomic E-state index is 0.0462. The third kappa shape index (κ3) is 6.44. The smallest absolute Gasteiger partial charge is 0.240 e. The van der Waals surface area contributed by atoms with Gasteiger partial charge in [-0.1, -0.05) is 36.4 Å². The number of rotatable bonds is 9. The van der Waals surface area contributed by atoms with Crippen molar-refractivity contribution >= 4 is 15.9 Å². The maximum Gasteiger partial charge on any atom is 0.240 e. The number of carbonyl (C=O) groups excluding carboxylic acids is 1. The standard InChI is InChI=1S/C21H29N3O3S/c1-16-10-11-19(14-17(16)2)28(26,27)22-13-12-21(25)23-20(15-24(3)4)18-8-6-5-7-9-18/h5-11,14,20,22H,12-13,15H2,1-4H3,(H,23,25)/t20-/m1/s1. The molecular weight excluding hydrogens is 374 g/mol. The number of benzene rings is 2. The number of carbonyl (C=O) groups is 1. The van der Waals surface area contributed by atoms with Crippen molar-refractivity contribution < 1.29 is 13.2 Å². The highest BCUT2D eigenvalue weighted by Gasteiger charge is 2.17. The van der Waals surface area contributed by atoms with Gasteiger partial charge in [0.2, 0.25) is 15.9 Å². The molecule has 0 aliphatic rings. The lowest BCUT2D eigenvalue weighted by molar-refractivity contribution is -0.121. The van der Waals surface area contributed by atoms with Crippen molar-refractivity contribution in [3.05, 3.63) is 65.2 Å². The number of hydrogen-bond donors (Lipinski definition) is 2. The SMILES string of the molecule is Cc1ccc(S(=O)(=O)NCCC(=O)N[C@H](CN(C)C)c2ccccc2)cc1C. The predicted molar refractivity (Wildman–Crippen MR) is 112 cm³/mol. The molecule has 2 rings (SSSR count). The van der Waals surface area contributed by atoms with E-state index < -0.39 is 10.0 Å². The van der Waals surface area contributed by atoms with Crippen LogP contribution >= 0.6 is 0 Å². The van der Waals surface area contributed by atoms with Gasteiger partial charge in [-0.25, -0.2) is 13.1 Å². The summed E-state index contributed by atoms with van der Waals surface area (Å²) in [6.45, 7) is 4.51. The number of sulfonamides is 1. The molecule has 0 aliphatic carbocycles. The highest BCUT2D eigenvalue weighted by atomic mass is 32.2. The van der Waals surface area contributed by atoms with Crippen LogP contribution < -0.4 is 10.0 Å². The Balaban J connectivity index is 1.94. The second-order valence-corrected chi connectivity index (χ2v) is 8.95. The first kappa shape index (κ1) is 22.1. The number of hydrogen-bond acceptors (Lipinski definition) is 4. The Bertz CT molecular complexity index is 896. The normalized spacial score (nSPS) is 12.8. The van der Waals surface area contributed by atoms with Gasteiger partial charge < -0.3 is 10.2 Å². The van der Waals surface area contributed by atoms with Gasteiger partial charge in [-0.05, 0) is 56.8 Å². The minimum atomic E-state index is -3.63. The lowest BCUT2D eigenvalue weighted by Gasteiger charge is -2.23. The number of nitrogens with one attached hydrogen (secondary N) is 2. The molecule has 2 N–H and O–H groups in total. The molecule has 0 saturated carbocycles. The van der Waals surface area contributed by atoms with Crippen molar-refractivity contribution in [2.75, 3.05) is 27.2 Å². The van der Waals surface area contributed by atoms with Crippen molar-refractivity contribution in [3.63, 3.8) is 0 Å². The lowest BCUT2D eigenvalue weighted by atomic mass is 10.1. The summed E-state index contributed by atoms with van der Waals surface area (Å²) >= 11 is 0. The van der Waals surface area contributed by atoms with Gasteiger partial charge in [0.25, 0.3) is 0 Å². The number of amides is 1. The van der Waals surface area contributed by atoms with Crippen molar-refractivity contribution in [2.24, 2.45) is 0 Å². The van der Waals surface area contributed by atoms with Crippen molar-refractivity contribution in [2.45, 2.75) is 31.2 Å². The Morgan fingerprint density at radius 2 is 1.71 bits per heavy atom. The van der Waals surface area contributed by atoms with E-state index in [9.17, 15) is 13.2 Å². The molecule has 1 amide bonds. The lowest BCUT2D eigenvalue weighted by Crippen LogP contribution is -2.37. The number of likely N-dealkylation sites (N-methyl/N-ethyl adjacent to an activating group) is 1. The molecule has 0 bridgehead atoms. The summed E-state index contributed by atoms with van der Waals surface area (Å²) in [5, 5.41) is 2.99. The maximum absolute atomic E-state index is 12.4. The van der Waals surface area contributed by atoms with Gasteiger partial charge in [0, 0.05) is 19.5 Å². The summed E-state index contributed by atoms with van der Waals surface area (Å²) in [6, 6.07) is 14.6. The molecule has 0 aliphatic heterocycles. The fraction of sp³-hybridized carbons (Fsp3) is 0.381. The van der Waals surface area contributed by atoms with Gasteiger partial charge in [-0.2, -0.15) is 0 Å². The van der Waals surface area contributed by atoms with Crippen molar-refractivity contribution in [3.8, 4) is 0 Å². The summed E-state index contributed by atoms with van der Waals surface area (Å²) in [5.74, 6) is -0.196. The molecule has 7 heteroatoms. The first-order chi connectivity index (χ1) is 13.2. The Morgan fingerprint density at radius 1 is 1.04 bits per heavy atom. The van der Waals surface area contributed by atoms with Crippen LogP contribution in [0.5, 0.6) is 0 Å². The van der Waals surface area contributed by atoms with E-state index in [0.717, 1.165) is 16.7 Å². The van der Waals surface area contributed by atoms with Crippen LogP contribution in [0, 0.1) is 13.8 Å². The van der Waals surface area contributed by atoms with E-state index in [2.05, 4.69) is 10.0 Å². The van der Waals surface area contributed by atoms with Crippen LogP contribution in [0.25, 0.3) is 0 Å². The van der Waals surface area contributed by atoms with Gasteiger partial charge in [-0.15, -0.1) is 0 Å². The third-order valence-corrected chi connectivity index (χ3v) is 5.98. The Labute approximate surface area is 168 Å².